The van der Waals surface area contributed by atoms with E-state index >= 15 is 0 Å². The van der Waals surface area contributed by atoms with Gasteiger partial charge in [-0.25, -0.2) is 0 Å². The molecule has 0 rings (SSSR count). The van der Waals surface area contributed by atoms with Gasteiger partial charge in [-0.3, -0.25) is 0 Å². The second-order valence-electron chi connectivity index (χ2n) is 7.44. The monoisotopic (exact) mass is 311 g/mol. The van der Waals surface area contributed by atoms with Crippen molar-refractivity contribution in [2.24, 2.45) is 0 Å². The van der Waals surface area contributed by atoms with E-state index in [-0.39, 0.29) is 0 Å². The van der Waals surface area contributed by atoms with Crippen molar-refractivity contribution >= 4 is 0 Å². The molecule has 0 saturated heterocycles. The van der Waals surface area contributed by atoms with Gasteiger partial charge in [-0.05, 0) is 26.9 Å². The molecule has 0 aromatic heterocycles. The quantitative estimate of drug-likeness (QED) is 0.257. The number of hydrogen-bond donors (Lipinski definition) is 0. The molecule has 0 heterocycles. The van der Waals surface area contributed by atoms with Crippen molar-refractivity contribution in [1.29, 1.82) is 0 Å². The summed E-state index contributed by atoms with van der Waals surface area (Å²) in [5.74, 6) is 0. The van der Waals surface area contributed by atoms with E-state index in [0.717, 1.165) is 6.04 Å². The molecule has 1 heteroatoms. The van der Waals surface area contributed by atoms with Gasteiger partial charge in [0.2, 0.25) is 0 Å². The third-order valence-corrected chi connectivity index (χ3v) is 5.01. The average Bonchev–Trinajstić information content (AvgIpc) is 2.50. The van der Waals surface area contributed by atoms with Gasteiger partial charge < -0.3 is 4.90 Å². The maximum Gasteiger partial charge on any atom is 0.00891 e. The molecule has 1 atom stereocenters. The molecule has 0 fully saturated rings. The van der Waals surface area contributed by atoms with E-state index in [2.05, 4.69) is 32.8 Å². The van der Waals surface area contributed by atoms with Crippen LogP contribution in [0, 0.1) is 0 Å². The van der Waals surface area contributed by atoms with Crippen molar-refractivity contribution in [2.75, 3.05) is 14.1 Å². The Hall–Kier alpha value is -0.0400. The molecule has 0 aromatic carbocycles. The summed E-state index contributed by atoms with van der Waals surface area (Å²) in [7, 11) is 4.54. The largest absolute Gasteiger partial charge is 0.306 e. The third kappa shape index (κ3) is 14.9. The van der Waals surface area contributed by atoms with E-state index in [0.29, 0.717) is 0 Å². The van der Waals surface area contributed by atoms with Crippen LogP contribution in [0.1, 0.15) is 117 Å². The Morgan fingerprint density at radius 2 is 0.818 bits per heavy atom. The Labute approximate surface area is 142 Å². The zero-order valence-electron chi connectivity index (χ0n) is 16.3. The molecular weight excluding hydrogens is 266 g/mol. The molecule has 0 aliphatic heterocycles. The van der Waals surface area contributed by atoms with Gasteiger partial charge in [0.1, 0.15) is 0 Å². The normalized spacial score (nSPS) is 13.0. The molecule has 0 bridgehead atoms. The second kappa shape index (κ2) is 17.3. The Bertz CT molecular complexity index is 200. The highest BCUT2D eigenvalue weighted by atomic mass is 15.1. The van der Waals surface area contributed by atoms with E-state index in [4.69, 9.17) is 0 Å². The van der Waals surface area contributed by atoms with Crippen molar-refractivity contribution in [2.45, 2.75) is 123 Å². The van der Waals surface area contributed by atoms with Crippen LogP contribution in [0.2, 0.25) is 0 Å². The molecule has 1 unspecified atom stereocenters. The molecule has 134 valence electrons. The van der Waals surface area contributed by atoms with E-state index in [9.17, 15) is 0 Å². The van der Waals surface area contributed by atoms with Crippen LogP contribution in [-0.2, 0) is 0 Å². The SMILES string of the molecule is CCCCCCCCCCC(CCCCCCCC)N(C)C. The lowest BCUT2D eigenvalue weighted by Crippen LogP contribution is -2.27. The molecule has 22 heavy (non-hydrogen) atoms. The predicted octanol–water partition coefficient (Wildman–Crippen LogP) is 7.20. The lowest BCUT2D eigenvalue weighted by molar-refractivity contribution is 0.251. The molecule has 0 spiro atoms. The van der Waals surface area contributed by atoms with Crippen LogP contribution in [0.5, 0.6) is 0 Å². The van der Waals surface area contributed by atoms with Gasteiger partial charge in [0.05, 0.1) is 0 Å². The fourth-order valence-electron chi connectivity index (χ4n) is 3.33. The van der Waals surface area contributed by atoms with E-state index < -0.39 is 0 Å². The van der Waals surface area contributed by atoms with Gasteiger partial charge in [-0.2, -0.15) is 0 Å². The first-order chi connectivity index (χ1) is 10.7. The summed E-state index contributed by atoms with van der Waals surface area (Å²) in [6.07, 6.45) is 22.9. The van der Waals surface area contributed by atoms with Crippen molar-refractivity contribution in [3.05, 3.63) is 0 Å². The fourth-order valence-corrected chi connectivity index (χ4v) is 3.33. The highest BCUT2D eigenvalue weighted by Crippen LogP contribution is 2.17. The molecule has 0 aromatic rings. The minimum absolute atomic E-state index is 0.825. The van der Waals surface area contributed by atoms with Crippen molar-refractivity contribution in [3.8, 4) is 0 Å². The molecule has 0 aliphatic rings. The highest BCUT2D eigenvalue weighted by Gasteiger charge is 2.10. The van der Waals surface area contributed by atoms with Crippen molar-refractivity contribution in [1.82, 2.24) is 4.90 Å². The third-order valence-electron chi connectivity index (χ3n) is 5.01. The molecule has 0 N–H and O–H groups in total. The van der Waals surface area contributed by atoms with Crippen molar-refractivity contribution < 1.29 is 0 Å². The number of unbranched alkanes of at least 4 members (excludes halogenated alkanes) is 12. The molecule has 1 nitrogen and oxygen atoms in total. The Morgan fingerprint density at radius 3 is 1.14 bits per heavy atom. The van der Waals surface area contributed by atoms with Gasteiger partial charge in [-0.1, -0.05) is 104 Å². The first kappa shape index (κ1) is 22.0. The summed E-state index contributed by atoms with van der Waals surface area (Å²) in [4.78, 5) is 2.47. The molecule has 0 saturated carbocycles. The van der Waals surface area contributed by atoms with Crippen LogP contribution < -0.4 is 0 Å². The summed E-state index contributed by atoms with van der Waals surface area (Å²) in [6, 6.07) is 0.825. The van der Waals surface area contributed by atoms with Crippen LogP contribution in [0.3, 0.4) is 0 Å². The molecule has 0 amide bonds. The number of rotatable bonds is 17. The highest BCUT2D eigenvalue weighted by molar-refractivity contribution is 4.66. The molecular formula is C21H45N. The zero-order valence-corrected chi connectivity index (χ0v) is 16.3. The van der Waals surface area contributed by atoms with E-state index in [1.807, 2.05) is 0 Å². The standard InChI is InChI=1S/C21H45N/c1-5-7-9-11-13-14-16-18-20-21(22(3)4)19-17-15-12-10-8-6-2/h21H,5-20H2,1-4H3. The first-order valence-electron chi connectivity index (χ1n) is 10.4. The number of hydrogen-bond acceptors (Lipinski definition) is 1. The van der Waals surface area contributed by atoms with E-state index in [1.54, 1.807) is 0 Å². The van der Waals surface area contributed by atoms with Gasteiger partial charge in [0.15, 0.2) is 0 Å². The Morgan fingerprint density at radius 1 is 0.500 bits per heavy atom. The smallest absolute Gasteiger partial charge is 0.00891 e. The average molecular weight is 312 g/mol. The van der Waals surface area contributed by atoms with Gasteiger partial charge in [-0.15, -0.1) is 0 Å². The Kier molecular flexibility index (Phi) is 17.3. The summed E-state index contributed by atoms with van der Waals surface area (Å²) in [5.41, 5.74) is 0. The van der Waals surface area contributed by atoms with Crippen LogP contribution >= 0.6 is 0 Å². The Balaban J connectivity index is 3.48. The van der Waals surface area contributed by atoms with E-state index in [1.165, 1.54) is 103 Å². The van der Waals surface area contributed by atoms with Crippen molar-refractivity contribution in [3.63, 3.8) is 0 Å². The predicted molar refractivity (Wildman–Crippen MR) is 103 cm³/mol. The lowest BCUT2D eigenvalue weighted by Gasteiger charge is -2.24. The van der Waals surface area contributed by atoms with Crippen LogP contribution in [0.15, 0.2) is 0 Å². The second-order valence-corrected chi connectivity index (χ2v) is 7.44. The minimum atomic E-state index is 0.825. The van der Waals surface area contributed by atoms with Crippen LogP contribution in [-0.4, -0.2) is 25.0 Å². The lowest BCUT2D eigenvalue weighted by atomic mass is 9.99. The molecule has 0 aliphatic carbocycles. The van der Waals surface area contributed by atoms with Crippen LogP contribution in [0.4, 0.5) is 0 Å². The topological polar surface area (TPSA) is 3.24 Å². The maximum atomic E-state index is 2.47. The van der Waals surface area contributed by atoms with Crippen LogP contribution in [0.25, 0.3) is 0 Å². The summed E-state index contributed by atoms with van der Waals surface area (Å²) in [5, 5.41) is 0. The summed E-state index contributed by atoms with van der Waals surface area (Å²) >= 11 is 0. The fraction of sp³-hybridized carbons (Fsp3) is 1.00. The van der Waals surface area contributed by atoms with Gasteiger partial charge >= 0.3 is 0 Å². The minimum Gasteiger partial charge on any atom is -0.306 e. The zero-order chi connectivity index (χ0) is 16.5. The van der Waals surface area contributed by atoms with Gasteiger partial charge in [0.25, 0.3) is 0 Å². The molecule has 0 radical (unpaired) electrons. The van der Waals surface area contributed by atoms with Gasteiger partial charge in [0, 0.05) is 6.04 Å². The number of nitrogens with zero attached hydrogens (tertiary/aromatic N) is 1. The maximum absolute atomic E-state index is 2.47. The summed E-state index contributed by atoms with van der Waals surface area (Å²) < 4.78 is 0. The first-order valence-corrected chi connectivity index (χ1v) is 10.4. The summed E-state index contributed by atoms with van der Waals surface area (Å²) in [6.45, 7) is 4.59.